The third-order valence-electron chi connectivity index (χ3n) is 10.3. The largest absolute Gasteiger partial charge is 0.384 e. The van der Waals surface area contributed by atoms with Crippen molar-refractivity contribution in [1.82, 2.24) is 0 Å². The van der Waals surface area contributed by atoms with E-state index in [4.69, 9.17) is 0 Å². The van der Waals surface area contributed by atoms with Crippen LogP contribution in [-0.2, 0) is 0 Å². The monoisotopic (exact) mass is 410 g/mol. The van der Waals surface area contributed by atoms with Crippen LogP contribution in [0.1, 0.15) is 92.4 Å². The highest BCUT2D eigenvalue weighted by Gasteiger charge is 2.59. The van der Waals surface area contributed by atoms with Crippen LogP contribution in [0.4, 0.5) is 0 Å². The Balaban J connectivity index is 1.54. The minimum absolute atomic E-state index is 0.138. The van der Waals surface area contributed by atoms with Gasteiger partial charge in [0.05, 0.1) is 6.10 Å². The predicted molar refractivity (Wildman–Crippen MR) is 128 cm³/mol. The van der Waals surface area contributed by atoms with Crippen molar-refractivity contribution in [2.45, 2.75) is 98.5 Å². The fourth-order valence-corrected chi connectivity index (χ4v) is 8.80. The molecule has 0 amide bonds. The molecule has 1 N–H and O–H groups in total. The van der Waals surface area contributed by atoms with Gasteiger partial charge in [0.1, 0.15) is 0 Å². The van der Waals surface area contributed by atoms with Gasteiger partial charge in [-0.3, -0.25) is 0 Å². The molecular formula is C29H46O. The van der Waals surface area contributed by atoms with E-state index in [9.17, 15) is 5.11 Å². The Bertz CT molecular complexity index is 729. The zero-order valence-electron chi connectivity index (χ0n) is 20.3. The second-order valence-electron chi connectivity index (χ2n) is 12.4. The van der Waals surface area contributed by atoms with Crippen molar-refractivity contribution >= 4 is 0 Å². The van der Waals surface area contributed by atoms with Crippen LogP contribution in [-0.4, -0.2) is 11.2 Å². The maximum Gasteiger partial charge on any atom is 0.0995 e. The summed E-state index contributed by atoms with van der Waals surface area (Å²) in [5.74, 6) is 5.02. The van der Waals surface area contributed by atoms with Crippen LogP contribution in [0.15, 0.2) is 36.0 Å². The number of aliphatic hydroxyl groups is 1. The minimum atomic E-state index is -0.530. The first kappa shape index (κ1) is 22.4. The summed E-state index contributed by atoms with van der Waals surface area (Å²) in [6.07, 6.45) is 13.9. The molecule has 0 spiro atoms. The standard InChI is InChI=1S/C29H46O/c1-18(2)9-8-10-19(3)23-13-14-25-22-11-12-24-21(5)27(30)20(4)17-29(24,7)26(22)15-16-28(23,25)6/h12,18-19,22-23,25-27,30H,4-5,8-11,13-17H2,1-3,6-7H3/t19-,22?,23?,25?,26?,27+,28-,29+/m1/s1. The Morgan fingerprint density at radius 1 is 1.07 bits per heavy atom. The molecule has 0 heterocycles. The molecule has 0 aromatic rings. The Labute approximate surface area is 186 Å². The van der Waals surface area contributed by atoms with Crippen LogP contribution in [0.25, 0.3) is 0 Å². The zero-order valence-corrected chi connectivity index (χ0v) is 20.3. The summed E-state index contributed by atoms with van der Waals surface area (Å²) < 4.78 is 0. The lowest BCUT2D eigenvalue weighted by molar-refractivity contribution is -0.0463. The lowest BCUT2D eigenvalue weighted by Crippen LogP contribution is -2.51. The normalized spacial score (nSPS) is 44.4. The molecule has 1 nitrogen and oxygen atoms in total. The summed E-state index contributed by atoms with van der Waals surface area (Å²) in [6.45, 7) is 20.9. The van der Waals surface area contributed by atoms with Crippen LogP contribution in [0.3, 0.4) is 0 Å². The fourth-order valence-electron chi connectivity index (χ4n) is 8.80. The van der Waals surface area contributed by atoms with Crippen molar-refractivity contribution in [2.75, 3.05) is 0 Å². The average Bonchev–Trinajstić information content (AvgIpc) is 3.03. The molecule has 4 aliphatic rings. The van der Waals surface area contributed by atoms with E-state index in [0.29, 0.717) is 5.41 Å². The smallest absolute Gasteiger partial charge is 0.0995 e. The van der Waals surface area contributed by atoms with Gasteiger partial charge in [-0.15, -0.1) is 0 Å². The molecule has 4 aliphatic carbocycles. The molecule has 3 saturated carbocycles. The summed E-state index contributed by atoms with van der Waals surface area (Å²) in [6, 6.07) is 0. The van der Waals surface area contributed by atoms with E-state index in [1.54, 1.807) is 0 Å². The van der Waals surface area contributed by atoms with E-state index in [1.807, 2.05) is 0 Å². The molecule has 0 saturated heterocycles. The Hall–Kier alpha value is -0.820. The van der Waals surface area contributed by atoms with Crippen molar-refractivity contribution in [3.8, 4) is 0 Å². The summed E-state index contributed by atoms with van der Waals surface area (Å²) in [5.41, 5.74) is 3.95. The van der Waals surface area contributed by atoms with E-state index in [0.717, 1.165) is 53.1 Å². The number of fused-ring (bicyclic) bond motifs is 5. The molecule has 30 heavy (non-hydrogen) atoms. The number of rotatable bonds is 5. The van der Waals surface area contributed by atoms with Gasteiger partial charge in [0.2, 0.25) is 0 Å². The van der Waals surface area contributed by atoms with Gasteiger partial charge in [0, 0.05) is 0 Å². The second kappa shape index (κ2) is 7.95. The van der Waals surface area contributed by atoms with Crippen molar-refractivity contribution < 1.29 is 5.11 Å². The van der Waals surface area contributed by atoms with Gasteiger partial charge in [-0.05, 0) is 102 Å². The molecule has 0 radical (unpaired) electrons. The third kappa shape index (κ3) is 3.39. The summed E-state index contributed by atoms with van der Waals surface area (Å²) >= 11 is 0. The molecule has 0 aromatic carbocycles. The van der Waals surface area contributed by atoms with Gasteiger partial charge < -0.3 is 5.11 Å². The topological polar surface area (TPSA) is 20.2 Å². The molecule has 4 rings (SSSR count). The summed E-state index contributed by atoms with van der Waals surface area (Å²) in [5, 5.41) is 10.5. The Morgan fingerprint density at radius 2 is 1.80 bits per heavy atom. The van der Waals surface area contributed by atoms with Crippen molar-refractivity contribution in [3.05, 3.63) is 36.0 Å². The number of allylic oxidation sites excluding steroid dienone is 1. The molecule has 1 heteroatoms. The van der Waals surface area contributed by atoms with Crippen molar-refractivity contribution in [1.29, 1.82) is 0 Å². The molecule has 3 fully saturated rings. The minimum Gasteiger partial charge on any atom is -0.384 e. The van der Waals surface area contributed by atoms with E-state index in [1.165, 1.54) is 56.9 Å². The highest BCUT2D eigenvalue weighted by molar-refractivity contribution is 5.48. The summed E-state index contributed by atoms with van der Waals surface area (Å²) in [7, 11) is 0. The maximum absolute atomic E-state index is 10.5. The first-order chi connectivity index (χ1) is 14.1. The molecule has 0 aliphatic heterocycles. The maximum atomic E-state index is 10.5. The van der Waals surface area contributed by atoms with Gasteiger partial charge in [-0.1, -0.05) is 73.1 Å². The van der Waals surface area contributed by atoms with Crippen LogP contribution in [0.5, 0.6) is 0 Å². The average molecular weight is 411 g/mol. The van der Waals surface area contributed by atoms with Gasteiger partial charge in [-0.2, -0.15) is 0 Å². The van der Waals surface area contributed by atoms with Crippen LogP contribution >= 0.6 is 0 Å². The van der Waals surface area contributed by atoms with Gasteiger partial charge in [0.15, 0.2) is 0 Å². The Morgan fingerprint density at radius 3 is 2.50 bits per heavy atom. The van der Waals surface area contributed by atoms with Gasteiger partial charge in [0.25, 0.3) is 0 Å². The van der Waals surface area contributed by atoms with E-state index in [-0.39, 0.29) is 5.41 Å². The quantitative estimate of drug-likeness (QED) is 0.460. The summed E-state index contributed by atoms with van der Waals surface area (Å²) in [4.78, 5) is 0. The van der Waals surface area contributed by atoms with E-state index < -0.39 is 6.10 Å². The van der Waals surface area contributed by atoms with E-state index >= 15 is 0 Å². The lowest BCUT2D eigenvalue weighted by Gasteiger charge is -2.59. The van der Waals surface area contributed by atoms with Gasteiger partial charge >= 0.3 is 0 Å². The predicted octanol–water partition coefficient (Wildman–Crippen LogP) is 7.72. The van der Waals surface area contributed by atoms with Crippen LogP contribution in [0, 0.1) is 46.3 Å². The van der Waals surface area contributed by atoms with Crippen molar-refractivity contribution in [2.24, 2.45) is 46.3 Å². The lowest BCUT2D eigenvalue weighted by atomic mass is 9.46. The fraction of sp³-hybridized carbons (Fsp3) is 0.793. The first-order valence-electron chi connectivity index (χ1n) is 12.8. The molecule has 4 unspecified atom stereocenters. The highest BCUT2D eigenvalue weighted by atomic mass is 16.3. The number of aliphatic hydroxyl groups excluding tert-OH is 1. The SMILES string of the molecule is C=C1C[C@@]2(C)C(=CCC3C4CCC([C@H](C)CCCC(C)C)[C@@]4(C)CCC32)C(=C)[C@H]1O. The molecular weight excluding hydrogens is 364 g/mol. The van der Waals surface area contributed by atoms with Crippen LogP contribution in [0.2, 0.25) is 0 Å². The molecule has 0 aromatic heterocycles. The highest BCUT2D eigenvalue weighted by Crippen LogP contribution is 2.68. The van der Waals surface area contributed by atoms with Crippen LogP contribution < -0.4 is 0 Å². The Kier molecular flexibility index (Phi) is 5.93. The van der Waals surface area contributed by atoms with Crippen molar-refractivity contribution in [3.63, 3.8) is 0 Å². The second-order valence-corrected chi connectivity index (χ2v) is 12.4. The number of hydrogen-bond donors (Lipinski definition) is 1. The molecule has 8 atom stereocenters. The number of hydrogen-bond acceptors (Lipinski definition) is 1. The van der Waals surface area contributed by atoms with E-state index in [2.05, 4.69) is 53.9 Å². The third-order valence-corrected chi connectivity index (χ3v) is 10.3. The zero-order chi connectivity index (χ0) is 21.8. The first-order valence-corrected chi connectivity index (χ1v) is 12.8. The van der Waals surface area contributed by atoms with Gasteiger partial charge in [-0.25, -0.2) is 0 Å². The molecule has 168 valence electrons. The molecule has 0 bridgehead atoms.